The number of nitrogens with zero attached hydrogens (tertiary/aromatic N) is 1. The molecule has 0 aliphatic heterocycles. The van der Waals surface area contributed by atoms with E-state index in [1.54, 1.807) is 12.1 Å². The third-order valence-corrected chi connectivity index (χ3v) is 2.12. The highest BCUT2D eigenvalue weighted by Gasteiger charge is 2.08. The molecule has 0 fully saturated rings. The van der Waals surface area contributed by atoms with Crippen molar-refractivity contribution in [2.24, 2.45) is 0 Å². The van der Waals surface area contributed by atoms with Gasteiger partial charge in [-0.2, -0.15) is 5.26 Å². The van der Waals surface area contributed by atoms with Gasteiger partial charge in [-0.05, 0) is 23.8 Å². The first-order valence-electron chi connectivity index (χ1n) is 5.32. The summed E-state index contributed by atoms with van der Waals surface area (Å²) in [5.41, 5.74) is 0.394. The highest BCUT2D eigenvalue weighted by Crippen LogP contribution is 2.08. The van der Waals surface area contributed by atoms with Crippen LogP contribution in [0.15, 0.2) is 29.8 Å². The second-order valence-corrected chi connectivity index (χ2v) is 3.47. The number of nitriles is 1. The molecular formula is C13H13FN2O2. The second-order valence-electron chi connectivity index (χ2n) is 3.47. The summed E-state index contributed by atoms with van der Waals surface area (Å²) in [5, 5.41) is 11.4. The van der Waals surface area contributed by atoms with E-state index in [2.05, 4.69) is 5.32 Å². The molecule has 4 nitrogen and oxygen atoms in total. The maximum absolute atomic E-state index is 12.9. The Labute approximate surface area is 105 Å². The van der Waals surface area contributed by atoms with Gasteiger partial charge in [0, 0.05) is 13.7 Å². The average Bonchev–Trinajstić information content (AvgIpc) is 2.36. The van der Waals surface area contributed by atoms with Crippen LogP contribution in [0.1, 0.15) is 5.56 Å². The van der Waals surface area contributed by atoms with Gasteiger partial charge < -0.3 is 10.1 Å². The lowest BCUT2D eigenvalue weighted by atomic mass is 10.1. The van der Waals surface area contributed by atoms with Crippen LogP contribution in [0.3, 0.4) is 0 Å². The van der Waals surface area contributed by atoms with Gasteiger partial charge in [0.1, 0.15) is 17.5 Å². The van der Waals surface area contributed by atoms with Crippen LogP contribution in [-0.4, -0.2) is 26.2 Å². The Morgan fingerprint density at radius 2 is 2.39 bits per heavy atom. The van der Waals surface area contributed by atoms with E-state index >= 15 is 0 Å². The molecule has 1 aromatic rings. The van der Waals surface area contributed by atoms with Crippen molar-refractivity contribution in [1.29, 1.82) is 5.26 Å². The largest absolute Gasteiger partial charge is 0.383 e. The summed E-state index contributed by atoms with van der Waals surface area (Å²) in [6, 6.07) is 7.45. The number of hydrogen-bond acceptors (Lipinski definition) is 3. The van der Waals surface area contributed by atoms with E-state index in [0.29, 0.717) is 18.7 Å². The van der Waals surface area contributed by atoms with Crippen LogP contribution < -0.4 is 5.32 Å². The number of carbonyl (C=O) groups is 1. The zero-order chi connectivity index (χ0) is 13.4. The van der Waals surface area contributed by atoms with Crippen molar-refractivity contribution in [3.8, 4) is 6.07 Å². The Morgan fingerprint density at radius 3 is 3.00 bits per heavy atom. The van der Waals surface area contributed by atoms with Gasteiger partial charge in [-0.1, -0.05) is 12.1 Å². The van der Waals surface area contributed by atoms with E-state index in [9.17, 15) is 9.18 Å². The Balaban J connectivity index is 2.77. The summed E-state index contributed by atoms with van der Waals surface area (Å²) in [5.74, 6) is -0.917. The third kappa shape index (κ3) is 4.36. The lowest BCUT2D eigenvalue weighted by Gasteiger charge is -2.03. The van der Waals surface area contributed by atoms with Crippen molar-refractivity contribution in [3.63, 3.8) is 0 Å². The SMILES string of the molecule is COCCNC(=O)/C(C#N)=C/c1cccc(F)c1. The Morgan fingerprint density at radius 1 is 1.61 bits per heavy atom. The average molecular weight is 248 g/mol. The van der Waals surface area contributed by atoms with Crippen LogP contribution in [0.25, 0.3) is 6.08 Å². The Hall–Kier alpha value is -2.19. The molecule has 0 atom stereocenters. The van der Waals surface area contributed by atoms with Crippen LogP contribution in [-0.2, 0) is 9.53 Å². The van der Waals surface area contributed by atoms with Crippen LogP contribution in [0.2, 0.25) is 0 Å². The Kier molecular flexibility index (Phi) is 5.55. The normalized spacial score (nSPS) is 10.8. The maximum atomic E-state index is 12.9. The predicted molar refractivity (Wildman–Crippen MR) is 64.9 cm³/mol. The fraction of sp³-hybridized carbons (Fsp3) is 0.231. The molecule has 0 radical (unpaired) electrons. The molecule has 0 saturated heterocycles. The minimum absolute atomic E-state index is 0.0725. The number of methoxy groups -OCH3 is 1. The van der Waals surface area contributed by atoms with Gasteiger partial charge in [-0.15, -0.1) is 0 Å². The number of benzene rings is 1. The molecule has 0 saturated carbocycles. The maximum Gasteiger partial charge on any atom is 0.262 e. The van der Waals surface area contributed by atoms with Crippen LogP contribution in [0, 0.1) is 17.1 Å². The van der Waals surface area contributed by atoms with Gasteiger partial charge in [-0.3, -0.25) is 4.79 Å². The van der Waals surface area contributed by atoms with E-state index in [1.165, 1.54) is 31.4 Å². The van der Waals surface area contributed by atoms with E-state index < -0.39 is 11.7 Å². The molecule has 0 aromatic heterocycles. The van der Waals surface area contributed by atoms with Crippen LogP contribution in [0.5, 0.6) is 0 Å². The monoisotopic (exact) mass is 248 g/mol. The van der Waals surface area contributed by atoms with E-state index in [-0.39, 0.29) is 5.57 Å². The van der Waals surface area contributed by atoms with Gasteiger partial charge >= 0.3 is 0 Å². The van der Waals surface area contributed by atoms with Gasteiger partial charge in [-0.25, -0.2) is 4.39 Å². The van der Waals surface area contributed by atoms with Crippen LogP contribution >= 0.6 is 0 Å². The quantitative estimate of drug-likeness (QED) is 0.488. The zero-order valence-electron chi connectivity index (χ0n) is 9.94. The standard InChI is InChI=1S/C13H13FN2O2/c1-18-6-5-16-13(17)11(9-15)7-10-3-2-4-12(14)8-10/h2-4,7-8H,5-6H2,1H3,(H,16,17)/b11-7+. The van der Waals surface area contributed by atoms with Crippen molar-refractivity contribution in [2.75, 3.05) is 20.3 Å². The molecule has 0 heterocycles. The minimum Gasteiger partial charge on any atom is -0.383 e. The first-order chi connectivity index (χ1) is 8.67. The molecule has 0 unspecified atom stereocenters. The molecule has 1 N–H and O–H groups in total. The molecule has 0 aliphatic carbocycles. The lowest BCUT2D eigenvalue weighted by Crippen LogP contribution is -2.27. The Bertz CT molecular complexity index is 492. The highest BCUT2D eigenvalue weighted by atomic mass is 19.1. The summed E-state index contributed by atoms with van der Waals surface area (Å²) >= 11 is 0. The van der Waals surface area contributed by atoms with E-state index in [1.807, 2.05) is 0 Å². The highest BCUT2D eigenvalue weighted by molar-refractivity contribution is 6.01. The summed E-state index contributed by atoms with van der Waals surface area (Å²) < 4.78 is 17.7. The minimum atomic E-state index is -0.501. The van der Waals surface area contributed by atoms with Gasteiger partial charge in [0.05, 0.1) is 6.61 Å². The fourth-order valence-corrected chi connectivity index (χ4v) is 1.27. The molecule has 1 aromatic carbocycles. The molecular weight excluding hydrogens is 235 g/mol. The van der Waals surface area contributed by atoms with Crippen molar-refractivity contribution >= 4 is 12.0 Å². The first kappa shape index (κ1) is 13.9. The molecule has 1 amide bonds. The number of hydrogen-bond donors (Lipinski definition) is 1. The van der Waals surface area contributed by atoms with Gasteiger partial charge in [0.15, 0.2) is 0 Å². The van der Waals surface area contributed by atoms with Crippen LogP contribution in [0.4, 0.5) is 4.39 Å². The zero-order valence-corrected chi connectivity index (χ0v) is 9.94. The van der Waals surface area contributed by atoms with Gasteiger partial charge in [0.2, 0.25) is 0 Å². The molecule has 0 bridgehead atoms. The number of ether oxygens (including phenoxy) is 1. The molecule has 1 rings (SSSR count). The number of nitrogens with one attached hydrogen (secondary N) is 1. The predicted octanol–water partition coefficient (Wildman–Crippen LogP) is 1.50. The number of amides is 1. The molecule has 94 valence electrons. The second kappa shape index (κ2) is 7.20. The fourth-order valence-electron chi connectivity index (χ4n) is 1.27. The van der Waals surface area contributed by atoms with Crippen molar-refractivity contribution < 1.29 is 13.9 Å². The van der Waals surface area contributed by atoms with Crippen molar-refractivity contribution in [3.05, 3.63) is 41.2 Å². The number of halogens is 1. The third-order valence-electron chi connectivity index (χ3n) is 2.12. The van der Waals surface area contributed by atoms with Crippen molar-refractivity contribution in [2.45, 2.75) is 0 Å². The van der Waals surface area contributed by atoms with E-state index in [0.717, 1.165) is 0 Å². The first-order valence-corrected chi connectivity index (χ1v) is 5.32. The molecule has 5 heteroatoms. The topological polar surface area (TPSA) is 62.1 Å². The summed E-state index contributed by atoms with van der Waals surface area (Å²) in [4.78, 5) is 11.6. The van der Waals surface area contributed by atoms with E-state index in [4.69, 9.17) is 10.00 Å². The summed E-state index contributed by atoms with van der Waals surface area (Å²) in [6.45, 7) is 0.682. The molecule has 0 spiro atoms. The van der Waals surface area contributed by atoms with Gasteiger partial charge in [0.25, 0.3) is 5.91 Å². The number of rotatable bonds is 5. The summed E-state index contributed by atoms with van der Waals surface area (Å²) in [6.07, 6.45) is 1.34. The smallest absolute Gasteiger partial charge is 0.262 e. The summed E-state index contributed by atoms with van der Waals surface area (Å²) in [7, 11) is 1.51. The molecule has 0 aliphatic rings. The molecule has 18 heavy (non-hydrogen) atoms. The lowest BCUT2D eigenvalue weighted by molar-refractivity contribution is -0.117. The van der Waals surface area contributed by atoms with Crippen molar-refractivity contribution in [1.82, 2.24) is 5.32 Å². The number of carbonyl (C=O) groups excluding carboxylic acids is 1.